The summed E-state index contributed by atoms with van der Waals surface area (Å²) in [6.45, 7) is 1.64. The van der Waals surface area contributed by atoms with Gasteiger partial charge in [-0.05, 0) is 54.4 Å². The second kappa shape index (κ2) is 10.0. The van der Waals surface area contributed by atoms with Crippen LogP contribution in [0.15, 0.2) is 72.8 Å². The van der Waals surface area contributed by atoms with Crippen molar-refractivity contribution in [2.75, 3.05) is 11.9 Å². The normalized spacial score (nSPS) is 10.8. The number of fused-ring (bicyclic) bond motifs is 1. The maximum Gasteiger partial charge on any atom is 0.339 e. The molecule has 0 unspecified atom stereocenters. The number of amides is 1. The van der Waals surface area contributed by atoms with Crippen LogP contribution < -0.4 is 5.32 Å². The fourth-order valence-electron chi connectivity index (χ4n) is 3.41. The van der Waals surface area contributed by atoms with Crippen LogP contribution in [0, 0.1) is 0 Å². The maximum absolute atomic E-state index is 12.9. The number of halogens is 2. The standard InChI is InChI=1S/C26H20Cl2N2O3/c1-2-16-7-10-18(11-8-16)29-25(31)15-33-26(32)21-14-24(20-12-9-17(27)13-22(20)28)30-23-6-4-3-5-19(21)23/h3-14H,2,15H2,1H3,(H,29,31). The van der Waals surface area contributed by atoms with Gasteiger partial charge in [0.2, 0.25) is 0 Å². The zero-order chi connectivity index (χ0) is 23.4. The van der Waals surface area contributed by atoms with Crippen LogP contribution in [-0.2, 0) is 16.0 Å². The van der Waals surface area contributed by atoms with E-state index in [1.165, 1.54) is 5.56 Å². The number of ether oxygens (including phenoxy) is 1. The minimum absolute atomic E-state index is 0.293. The average Bonchev–Trinajstić information content (AvgIpc) is 2.82. The van der Waals surface area contributed by atoms with Crippen LogP contribution in [0.5, 0.6) is 0 Å². The Kier molecular flexibility index (Phi) is 6.92. The second-order valence-electron chi connectivity index (χ2n) is 7.37. The van der Waals surface area contributed by atoms with Gasteiger partial charge in [0.25, 0.3) is 5.91 Å². The fourth-order valence-corrected chi connectivity index (χ4v) is 3.91. The Bertz CT molecular complexity index is 1340. The van der Waals surface area contributed by atoms with Crippen LogP contribution in [0.3, 0.4) is 0 Å². The van der Waals surface area contributed by atoms with Crippen molar-refractivity contribution in [2.45, 2.75) is 13.3 Å². The highest BCUT2D eigenvalue weighted by molar-refractivity contribution is 6.36. The van der Waals surface area contributed by atoms with Gasteiger partial charge in [0.1, 0.15) is 0 Å². The molecule has 0 atom stereocenters. The summed E-state index contributed by atoms with van der Waals surface area (Å²) in [6, 6.07) is 21.4. The molecule has 0 aliphatic rings. The van der Waals surface area contributed by atoms with Crippen molar-refractivity contribution in [3.8, 4) is 11.3 Å². The van der Waals surface area contributed by atoms with Gasteiger partial charge in [-0.15, -0.1) is 0 Å². The Hall–Kier alpha value is -3.41. The molecule has 0 saturated heterocycles. The number of aromatic nitrogens is 1. The summed E-state index contributed by atoms with van der Waals surface area (Å²) in [5.74, 6) is -1.05. The van der Waals surface area contributed by atoms with Gasteiger partial charge in [-0.2, -0.15) is 0 Å². The summed E-state index contributed by atoms with van der Waals surface area (Å²) < 4.78 is 5.32. The van der Waals surface area contributed by atoms with Crippen molar-refractivity contribution in [2.24, 2.45) is 0 Å². The largest absolute Gasteiger partial charge is 0.452 e. The first-order valence-corrected chi connectivity index (χ1v) is 11.1. The molecule has 4 rings (SSSR count). The second-order valence-corrected chi connectivity index (χ2v) is 8.21. The minimum atomic E-state index is -0.628. The van der Waals surface area contributed by atoms with E-state index < -0.39 is 18.5 Å². The lowest BCUT2D eigenvalue weighted by Crippen LogP contribution is -2.21. The molecule has 4 aromatic rings. The van der Waals surface area contributed by atoms with Crippen molar-refractivity contribution in [1.82, 2.24) is 4.98 Å². The third-order valence-corrected chi connectivity index (χ3v) is 5.67. The van der Waals surface area contributed by atoms with E-state index in [4.69, 9.17) is 27.9 Å². The van der Waals surface area contributed by atoms with E-state index in [1.54, 1.807) is 36.4 Å². The van der Waals surface area contributed by atoms with Gasteiger partial charge in [-0.25, -0.2) is 9.78 Å². The van der Waals surface area contributed by atoms with E-state index in [2.05, 4.69) is 17.2 Å². The van der Waals surface area contributed by atoms with Crippen LogP contribution in [0.4, 0.5) is 5.69 Å². The van der Waals surface area contributed by atoms with Gasteiger partial charge in [0.15, 0.2) is 6.61 Å². The van der Waals surface area contributed by atoms with Gasteiger partial charge < -0.3 is 10.1 Å². The molecule has 33 heavy (non-hydrogen) atoms. The predicted molar refractivity (Wildman–Crippen MR) is 132 cm³/mol. The Labute approximate surface area is 201 Å². The molecule has 1 heterocycles. The highest BCUT2D eigenvalue weighted by Crippen LogP contribution is 2.32. The summed E-state index contributed by atoms with van der Waals surface area (Å²) in [7, 11) is 0. The Morgan fingerprint density at radius 3 is 2.45 bits per heavy atom. The van der Waals surface area contributed by atoms with Gasteiger partial charge in [-0.3, -0.25) is 4.79 Å². The lowest BCUT2D eigenvalue weighted by molar-refractivity contribution is -0.119. The van der Waals surface area contributed by atoms with Gasteiger partial charge >= 0.3 is 5.97 Å². The number of nitrogens with zero attached hydrogens (tertiary/aromatic N) is 1. The summed E-state index contributed by atoms with van der Waals surface area (Å²) in [4.78, 5) is 29.9. The topological polar surface area (TPSA) is 68.3 Å². The Balaban J connectivity index is 1.56. The van der Waals surface area contributed by atoms with Gasteiger partial charge in [-0.1, -0.05) is 60.5 Å². The average molecular weight is 479 g/mol. The molecule has 0 spiro atoms. The van der Waals surface area contributed by atoms with E-state index in [0.29, 0.717) is 43.5 Å². The molecule has 0 saturated carbocycles. The fraction of sp³-hybridized carbons (Fsp3) is 0.115. The van der Waals surface area contributed by atoms with Crippen molar-refractivity contribution < 1.29 is 14.3 Å². The number of aryl methyl sites for hydroxylation is 1. The molecular weight excluding hydrogens is 459 g/mol. The Morgan fingerprint density at radius 1 is 0.970 bits per heavy atom. The lowest BCUT2D eigenvalue weighted by Gasteiger charge is -2.11. The van der Waals surface area contributed by atoms with E-state index in [-0.39, 0.29) is 0 Å². The number of nitrogens with one attached hydrogen (secondary N) is 1. The molecule has 7 heteroatoms. The smallest absolute Gasteiger partial charge is 0.339 e. The molecule has 0 aliphatic carbocycles. The molecule has 1 N–H and O–H groups in total. The number of carbonyl (C=O) groups is 2. The van der Waals surface area contributed by atoms with E-state index in [0.717, 1.165) is 6.42 Å². The molecule has 3 aromatic carbocycles. The van der Waals surface area contributed by atoms with Crippen LogP contribution in [0.2, 0.25) is 10.0 Å². The highest BCUT2D eigenvalue weighted by Gasteiger charge is 2.18. The quantitative estimate of drug-likeness (QED) is 0.318. The van der Waals surface area contributed by atoms with Crippen LogP contribution >= 0.6 is 23.2 Å². The van der Waals surface area contributed by atoms with Crippen LogP contribution in [0.1, 0.15) is 22.8 Å². The number of benzene rings is 3. The van der Waals surface area contributed by atoms with Gasteiger partial charge in [0, 0.05) is 21.7 Å². The lowest BCUT2D eigenvalue weighted by atomic mass is 10.0. The maximum atomic E-state index is 12.9. The number of anilines is 1. The van der Waals surface area contributed by atoms with Crippen LogP contribution in [0.25, 0.3) is 22.2 Å². The Morgan fingerprint density at radius 2 is 1.73 bits per heavy atom. The van der Waals surface area contributed by atoms with Crippen molar-refractivity contribution >= 4 is 51.7 Å². The number of pyridine rings is 1. The molecule has 5 nitrogen and oxygen atoms in total. The van der Waals surface area contributed by atoms with Crippen molar-refractivity contribution in [1.29, 1.82) is 0 Å². The molecule has 166 valence electrons. The molecule has 1 amide bonds. The summed E-state index contributed by atoms with van der Waals surface area (Å²) in [6.07, 6.45) is 0.912. The number of carbonyl (C=O) groups excluding carboxylic acids is 2. The SMILES string of the molecule is CCc1ccc(NC(=O)COC(=O)c2cc(-c3ccc(Cl)cc3Cl)nc3ccccc23)cc1. The molecule has 0 bridgehead atoms. The molecule has 0 aliphatic heterocycles. The zero-order valence-corrected chi connectivity index (χ0v) is 19.3. The first kappa shape index (κ1) is 22.8. The summed E-state index contributed by atoms with van der Waals surface area (Å²) >= 11 is 12.4. The van der Waals surface area contributed by atoms with Gasteiger partial charge in [0.05, 0.1) is 21.8 Å². The molecule has 0 fully saturated rings. The van der Waals surface area contributed by atoms with Crippen molar-refractivity contribution in [3.63, 3.8) is 0 Å². The predicted octanol–water partition coefficient (Wildman–Crippen LogP) is 6.57. The van der Waals surface area contributed by atoms with E-state index >= 15 is 0 Å². The third-order valence-electron chi connectivity index (χ3n) is 5.12. The van der Waals surface area contributed by atoms with Crippen LogP contribution in [-0.4, -0.2) is 23.5 Å². The molecule has 0 radical (unpaired) electrons. The third kappa shape index (κ3) is 5.33. The number of hydrogen-bond donors (Lipinski definition) is 1. The van der Waals surface area contributed by atoms with E-state index in [9.17, 15) is 9.59 Å². The minimum Gasteiger partial charge on any atom is -0.452 e. The number of hydrogen-bond acceptors (Lipinski definition) is 4. The zero-order valence-electron chi connectivity index (χ0n) is 17.8. The monoisotopic (exact) mass is 478 g/mol. The molecular formula is C26H20Cl2N2O3. The summed E-state index contributed by atoms with van der Waals surface area (Å²) in [5.41, 5.74) is 3.84. The molecule has 1 aromatic heterocycles. The first-order chi connectivity index (χ1) is 15.9. The summed E-state index contributed by atoms with van der Waals surface area (Å²) in [5, 5.41) is 4.26. The number of esters is 1. The number of para-hydroxylation sites is 1. The number of rotatable bonds is 6. The highest BCUT2D eigenvalue weighted by atomic mass is 35.5. The first-order valence-electron chi connectivity index (χ1n) is 10.4. The van der Waals surface area contributed by atoms with E-state index in [1.807, 2.05) is 36.4 Å². The van der Waals surface area contributed by atoms with Crippen molar-refractivity contribution in [3.05, 3.63) is 94.0 Å².